The van der Waals surface area contributed by atoms with Crippen molar-refractivity contribution in [2.24, 2.45) is 0 Å². The van der Waals surface area contributed by atoms with Gasteiger partial charge in [0.1, 0.15) is 5.69 Å². The van der Waals surface area contributed by atoms with Crippen LogP contribution in [-0.2, 0) is 0 Å². The molecular weight excluding hydrogens is 218 g/mol. The molecule has 2 aromatic heterocycles. The van der Waals surface area contributed by atoms with Crippen molar-refractivity contribution in [1.82, 2.24) is 15.0 Å². The van der Waals surface area contributed by atoms with Crippen LogP contribution < -0.4 is 0 Å². The molecule has 0 aliphatic heterocycles. The summed E-state index contributed by atoms with van der Waals surface area (Å²) in [4.78, 5) is 23.2. The van der Waals surface area contributed by atoms with Crippen LogP contribution in [-0.4, -0.2) is 26.0 Å². The number of aryl methyl sites for hydroxylation is 2. The van der Waals surface area contributed by atoms with E-state index in [1.807, 2.05) is 19.1 Å². The number of carbonyl (C=O) groups is 1. The third-order valence-electron chi connectivity index (χ3n) is 2.22. The van der Waals surface area contributed by atoms with E-state index < -0.39 is 5.97 Å². The van der Waals surface area contributed by atoms with Crippen LogP contribution in [0.2, 0.25) is 0 Å². The molecule has 0 aliphatic rings. The van der Waals surface area contributed by atoms with E-state index in [2.05, 4.69) is 15.0 Å². The average Bonchev–Trinajstić information content (AvgIpc) is 2.28. The van der Waals surface area contributed by atoms with E-state index in [0.29, 0.717) is 17.2 Å². The predicted octanol–water partition coefficient (Wildman–Crippen LogP) is 1.85. The summed E-state index contributed by atoms with van der Waals surface area (Å²) >= 11 is 0. The van der Waals surface area contributed by atoms with Crippen LogP contribution in [0, 0.1) is 13.8 Å². The third kappa shape index (κ3) is 2.44. The summed E-state index contributed by atoms with van der Waals surface area (Å²) in [5.41, 5.74) is 2.19. The maximum absolute atomic E-state index is 10.9. The normalized spacial score (nSPS) is 10.2. The van der Waals surface area contributed by atoms with Gasteiger partial charge >= 0.3 is 5.97 Å². The minimum Gasteiger partial charge on any atom is -0.477 e. The monoisotopic (exact) mass is 229 g/mol. The molecule has 0 aliphatic carbocycles. The molecule has 0 bridgehead atoms. The molecule has 0 aromatic carbocycles. The molecule has 0 saturated carbocycles. The number of pyridine rings is 1. The van der Waals surface area contributed by atoms with Crippen molar-refractivity contribution in [1.29, 1.82) is 0 Å². The van der Waals surface area contributed by atoms with Crippen molar-refractivity contribution >= 4 is 5.97 Å². The van der Waals surface area contributed by atoms with Crippen molar-refractivity contribution in [2.45, 2.75) is 13.8 Å². The van der Waals surface area contributed by atoms with Gasteiger partial charge < -0.3 is 5.11 Å². The van der Waals surface area contributed by atoms with Gasteiger partial charge in [-0.05, 0) is 37.6 Å². The first-order valence-electron chi connectivity index (χ1n) is 5.08. The van der Waals surface area contributed by atoms with Gasteiger partial charge in [0.05, 0.1) is 0 Å². The summed E-state index contributed by atoms with van der Waals surface area (Å²) in [7, 11) is 0. The highest BCUT2D eigenvalue weighted by Gasteiger charge is 2.10. The molecule has 0 fully saturated rings. The van der Waals surface area contributed by atoms with Crippen molar-refractivity contribution in [3.05, 3.63) is 41.3 Å². The van der Waals surface area contributed by atoms with Gasteiger partial charge in [0.2, 0.25) is 0 Å². The fourth-order valence-electron chi connectivity index (χ4n) is 1.45. The second kappa shape index (κ2) is 4.29. The molecule has 0 atom stereocenters. The number of rotatable bonds is 2. The predicted molar refractivity (Wildman–Crippen MR) is 61.7 cm³/mol. The molecule has 0 radical (unpaired) electrons. The molecular formula is C12H11N3O2. The van der Waals surface area contributed by atoms with Gasteiger partial charge in [0.25, 0.3) is 0 Å². The Labute approximate surface area is 98.2 Å². The molecule has 86 valence electrons. The second-order valence-electron chi connectivity index (χ2n) is 3.74. The molecule has 5 heteroatoms. The standard InChI is InChI=1S/C12H11N3O2/c1-7-3-4-13-9(5-7)11-14-8(2)6-10(15-11)12(16)17/h3-6H,1-2H3,(H,16,17). The lowest BCUT2D eigenvalue weighted by atomic mass is 10.2. The number of carboxylic acid groups (broad SMARTS) is 1. The fraction of sp³-hybridized carbons (Fsp3) is 0.167. The van der Waals surface area contributed by atoms with Gasteiger partial charge in [-0.1, -0.05) is 0 Å². The zero-order chi connectivity index (χ0) is 12.4. The minimum absolute atomic E-state index is 0.0178. The molecule has 2 aromatic rings. The molecule has 1 N–H and O–H groups in total. The zero-order valence-corrected chi connectivity index (χ0v) is 9.51. The number of hydrogen-bond acceptors (Lipinski definition) is 4. The van der Waals surface area contributed by atoms with Crippen LogP contribution in [0.5, 0.6) is 0 Å². The van der Waals surface area contributed by atoms with Gasteiger partial charge in [0, 0.05) is 11.9 Å². The van der Waals surface area contributed by atoms with Crippen LogP contribution in [0.4, 0.5) is 0 Å². The Balaban J connectivity index is 2.56. The van der Waals surface area contributed by atoms with Gasteiger partial charge in [-0.25, -0.2) is 14.8 Å². The van der Waals surface area contributed by atoms with E-state index >= 15 is 0 Å². The zero-order valence-electron chi connectivity index (χ0n) is 9.51. The van der Waals surface area contributed by atoms with Crippen LogP contribution in [0.1, 0.15) is 21.7 Å². The maximum Gasteiger partial charge on any atom is 0.354 e. The Morgan fingerprint density at radius 1 is 1.24 bits per heavy atom. The van der Waals surface area contributed by atoms with Gasteiger partial charge in [0.15, 0.2) is 11.5 Å². The molecule has 2 rings (SSSR count). The summed E-state index contributed by atoms with van der Waals surface area (Å²) < 4.78 is 0. The molecule has 17 heavy (non-hydrogen) atoms. The number of aromatic nitrogens is 3. The Bertz CT molecular complexity index is 582. The van der Waals surface area contributed by atoms with Crippen molar-refractivity contribution in [2.75, 3.05) is 0 Å². The van der Waals surface area contributed by atoms with E-state index in [-0.39, 0.29) is 5.69 Å². The second-order valence-corrected chi connectivity index (χ2v) is 3.74. The summed E-state index contributed by atoms with van der Waals surface area (Å²) in [6, 6.07) is 5.11. The Morgan fingerprint density at radius 2 is 2.00 bits per heavy atom. The number of hydrogen-bond donors (Lipinski definition) is 1. The Kier molecular flexibility index (Phi) is 2.82. The van der Waals surface area contributed by atoms with Gasteiger partial charge in [-0.2, -0.15) is 0 Å². The largest absolute Gasteiger partial charge is 0.477 e. The molecule has 0 saturated heterocycles. The summed E-state index contributed by atoms with van der Waals surface area (Å²) in [6.07, 6.45) is 1.65. The fourth-order valence-corrected chi connectivity index (χ4v) is 1.45. The SMILES string of the molecule is Cc1ccnc(-c2nc(C)cc(C(=O)O)n2)c1. The molecule has 0 unspecified atom stereocenters. The highest BCUT2D eigenvalue weighted by molar-refractivity contribution is 5.85. The van der Waals surface area contributed by atoms with Crippen molar-refractivity contribution in [3.63, 3.8) is 0 Å². The van der Waals surface area contributed by atoms with E-state index in [4.69, 9.17) is 5.11 Å². The number of aromatic carboxylic acids is 1. The molecule has 2 heterocycles. The molecule has 0 amide bonds. The van der Waals surface area contributed by atoms with Gasteiger partial charge in [-0.15, -0.1) is 0 Å². The first-order valence-corrected chi connectivity index (χ1v) is 5.08. The highest BCUT2D eigenvalue weighted by atomic mass is 16.4. The first kappa shape index (κ1) is 11.2. The van der Waals surface area contributed by atoms with Gasteiger partial charge in [-0.3, -0.25) is 4.98 Å². The highest BCUT2D eigenvalue weighted by Crippen LogP contribution is 2.14. The lowest BCUT2D eigenvalue weighted by Gasteiger charge is -2.03. The summed E-state index contributed by atoms with van der Waals surface area (Å²) in [5, 5.41) is 8.92. The summed E-state index contributed by atoms with van der Waals surface area (Å²) in [5.74, 6) is -0.726. The van der Waals surface area contributed by atoms with E-state index in [1.165, 1.54) is 6.07 Å². The minimum atomic E-state index is -1.07. The molecule has 5 nitrogen and oxygen atoms in total. The quantitative estimate of drug-likeness (QED) is 0.850. The van der Waals surface area contributed by atoms with Crippen molar-refractivity contribution in [3.8, 4) is 11.5 Å². The van der Waals surface area contributed by atoms with Crippen LogP contribution >= 0.6 is 0 Å². The lowest BCUT2D eigenvalue weighted by molar-refractivity contribution is 0.0690. The Hall–Kier alpha value is -2.30. The van der Waals surface area contributed by atoms with Crippen LogP contribution in [0.15, 0.2) is 24.4 Å². The lowest BCUT2D eigenvalue weighted by Crippen LogP contribution is -2.05. The third-order valence-corrected chi connectivity index (χ3v) is 2.22. The van der Waals surface area contributed by atoms with Crippen LogP contribution in [0.3, 0.4) is 0 Å². The molecule has 0 spiro atoms. The number of nitrogens with zero attached hydrogens (tertiary/aromatic N) is 3. The maximum atomic E-state index is 10.9. The van der Waals surface area contributed by atoms with E-state index in [9.17, 15) is 4.79 Å². The van der Waals surface area contributed by atoms with E-state index in [0.717, 1.165) is 5.56 Å². The average molecular weight is 229 g/mol. The van der Waals surface area contributed by atoms with Crippen LogP contribution in [0.25, 0.3) is 11.5 Å². The summed E-state index contributed by atoms with van der Waals surface area (Å²) in [6.45, 7) is 3.66. The Morgan fingerprint density at radius 3 is 2.65 bits per heavy atom. The van der Waals surface area contributed by atoms with Crippen molar-refractivity contribution < 1.29 is 9.90 Å². The first-order chi connectivity index (χ1) is 8.06. The smallest absolute Gasteiger partial charge is 0.354 e. The number of carboxylic acids is 1. The van der Waals surface area contributed by atoms with E-state index in [1.54, 1.807) is 13.1 Å². The topological polar surface area (TPSA) is 76.0 Å².